The van der Waals surface area contributed by atoms with Gasteiger partial charge in [-0.3, -0.25) is 5.10 Å². The van der Waals surface area contributed by atoms with Crippen LogP contribution >= 0.6 is 0 Å². The van der Waals surface area contributed by atoms with E-state index in [1.807, 2.05) is 44.3 Å². The molecule has 0 bridgehead atoms. The molecule has 0 saturated heterocycles. The van der Waals surface area contributed by atoms with Crippen LogP contribution in [0.4, 0.5) is 0 Å². The van der Waals surface area contributed by atoms with E-state index < -0.39 is 0 Å². The first-order valence-corrected chi connectivity index (χ1v) is 9.39. The van der Waals surface area contributed by atoms with E-state index in [1.165, 1.54) is 9.36 Å². The first kappa shape index (κ1) is 19.4. The van der Waals surface area contributed by atoms with Crippen LogP contribution in [0.5, 0.6) is 11.5 Å². The van der Waals surface area contributed by atoms with Gasteiger partial charge in [0.1, 0.15) is 18.1 Å². The van der Waals surface area contributed by atoms with Crippen LogP contribution in [0.1, 0.15) is 16.7 Å². The summed E-state index contributed by atoms with van der Waals surface area (Å²) in [5, 5.41) is 14.9. The average molecular weight is 406 g/mol. The lowest BCUT2D eigenvalue weighted by atomic mass is 10.1. The maximum absolute atomic E-state index is 12.3. The minimum atomic E-state index is -0.348. The molecule has 0 radical (unpaired) electrons. The third-order valence-corrected chi connectivity index (χ3v) is 4.93. The van der Waals surface area contributed by atoms with Crippen molar-refractivity contribution in [3.8, 4) is 28.4 Å². The van der Waals surface area contributed by atoms with Gasteiger partial charge in [-0.25, -0.2) is 4.79 Å². The molecule has 1 N–H and O–H groups in total. The first-order valence-electron chi connectivity index (χ1n) is 9.39. The summed E-state index contributed by atoms with van der Waals surface area (Å²) in [6.45, 7) is 4.19. The second kappa shape index (κ2) is 7.86. The Morgan fingerprint density at radius 3 is 2.53 bits per heavy atom. The van der Waals surface area contributed by atoms with E-state index in [9.17, 15) is 4.79 Å². The Kier molecular flexibility index (Phi) is 5.09. The Bertz CT molecular complexity index is 1250. The van der Waals surface area contributed by atoms with Crippen molar-refractivity contribution in [2.75, 3.05) is 7.11 Å². The molecule has 0 saturated carbocycles. The summed E-state index contributed by atoms with van der Waals surface area (Å²) in [5.41, 5.74) is 4.91. The molecule has 0 aliphatic heterocycles. The molecule has 2 aromatic heterocycles. The number of aryl methyl sites for hydroxylation is 3. The first-order chi connectivity index (χ1) is 14.5. The Balaban J connectivity index is 1.65. The Labute approximate surface area is 172 Å². The molecule has 0 aliphatic carbocycles. The van der Waals surface area contributed by atoms with Crippen molar-refractivity contribution in [1.29, 1.82) is 0 Å². The number of methoxy groups -OCH3 is 1. The van der Waals surface area contributed by atoms with Crippen molar-refractivity contribution >= 4 is 0 Å². The standard InChI is InChI=1S/C21H22N6O3/c1-13-10-15(20-14(2)11-22-23-20)8-9-18(13)30-12-16-17(6-5-7-19(16)29-4)27-21(28)26(3)24-25-27/h5-11H,12H2,1-4H3,(H,22,23). The van der Waals surface area contributed by atoms with Crippen molar-refractivity contribution < 1.29 is 9.47 Å². The number of tetrazole rings is 1. The summed E-state index contributed by atoms with van der Waals surface area (Å²) in [6.07, 6.45) is 1.87. The van der Waals surface area contributed by atoms with Crippen molar-refractivity contribution in [2.24, 2.45) is 7.05 Å². The molecular formula is C21H22N6O3. The highest BCUT2D eigenvalue weighted by Crippen LogP contribution is 2.30. The second-order valence-electron chi connectivity index (χ2n) is 6.94. The third kappa shape index (κ3) is 3.45. The van der Waals surface area contributed by atoms with Crippen molar-refractivity contribution in [2.45, 2.75) is 20.5 Å². The van der Waals surface area contributed by atoms with Crippen molar-refractivity contribution in [1.82, 2.24) is 30.0 Å². The average Bonchev–Trinajstić information content (AvgIpc) is 3.32. The van der Waals surface area contributed by atoms with Gasteiger partial charge in [0.25, 0.3) is 0 Å². The molecule has 2 aromatic carbocycles. The summed E-state index contributed by atoms with van der Waals surface area (Å²) in [7, 11) is 3.13. The van der Waals surface area contributed by atoms with Gasteiger partial charge in [-0.15, -0.1) is 0 Å². The molecule has 4 aromatic rings. The molecule has 9 nitrogen and oxygen atoms in total. The number of hydrogen-bond acceptors (Lipinski definition) is 6. The van der Waals surface area contributed by atoms with Crippen LogP contribution in [0, 0.1) is 13.8 Å². The highest BCUT2D eigenvalue weighted by molar-refractivity contribution is 5.64. The second-order valence-corrected chi connectivity index (χ2v) is 6.94. The smallest absolute Gasteiger partial charge is 0.368 e. The normalized spacial score (nSPS) is 10.9. The van der Waals surface area contributed by atoms with Gasteiger partial charge in [-0.05, 0) is 65.7 Å². The van der Waals surface area contributed by atoms with Crippen LogP contribution < -0.4 is 15.2 Å². The largest absolute Gasteiger partial charge is 0.496 e. The Morgan fingerprint density at radius 2 is 1.90 bits per heavy atom. The lowest BCUT2D eigenvalue weighted by molar-refractivity contribution is 0.294. The summed E-state index contributed by atoms with van der Waals surface area (Å²) in [5.74, 6) is 1.33. The van der Waals surface area contributed by atoms with Crippen LogP contribution in [-0.4, -0.2) is 37.1 Å². The summed E-state index contributed by atoms with van der Waals surface area (Å²) in [4.78, 5) is 12.3. The van der Waals surface area contributed by atoms with Crippen molar-refractivity contribution in [3.05, 3.63) is 69.8 Å². The fraction of sp³-hybridized carbons (Fsp3) is 0.238. The molecule has 4 rings (SSSR count). The number of H-pyrrole nitrogens is 1. The fourth-order valence-electron chi connectivity index (χ4n) is 3.30. The molecule has 2 heterocycles. The highest BCUT2D eigenvalue weighted by atomic mass is 16.5. The molecule has 0 atom stereocenters. The zero-order chi connectivity index (χ0) is 21.3. The minimum Gasteiger partial charge on any atom is -0.496 e. The predicted molar refractivity (Wildman–Crippen MR) is 111 cm³/mol. The number of hydrogen-bond donors (Lipinski definition) is 1. The van der Waals surface area contributed by atoms with Gasteiger partial charge in [0.2, 0.25) is 0 Å². The lowest BCUT2D eigenvalue weighted by Crippen LogP contribution is -2.23. The molecule has 0 fully saturated rings. The number of aromatic amines is 1. The summed E-state index contributed by atoms with van der Waals surface area (Å²) in [6, 6.07) is 11.3. The minimum absolute atomic E-state index is 0.198. The predicted octanol–water partition coefficient (Wildman–Crippen LogP) is 2.56. The van der Waals surface area contributed by atoms with E-state index in [0.717, 1.165) is 28.1 Å². The molecule has 30 heavy (non-hydrogen) atoms. The number of ether oxygens (including phenoxy) is 2. The van der Waals surface area contributed by atoms with Crippen LogP contribution in [0.3, 0.4) is 0 Å². The lowest BCUT2D eigenvalue weighted by Gasteiger charge is -2.15. The number of aromatic nitrogens is 6. The Morgan fingerprint density at radius 1 is 1.07 bits per heavy atom. The van der Waals surface area contributed by atoms with Crippen LogP contribution in [-0.2, 0) is 13.7 Å². The van der Waals surface area contributed by atoms with Crippen molar-refractivity contribution in [3.63, 3.8) is 0 Å². The van der Waals surface area contributed by atoms with E-state index in [1.54, 1.807) is 26.3 Å². The topological polar surface area (TPSA) is 99.8 Å². The van der Waals surface area contributed by atoms with Gasteiger partial charge in [0.15, 0.2) is 0 Å². The zero-order valence-electron chi connectivity index (χ0n) is 17.2. The highest BCUT2D eigenvalue weighted by Gasteiger charge is 2.16. The van der Waals surface area contributed by atoms with Gasteiger partial charge in [0.05, 0.1) is 24.1 Å². The number of benzene rings is 2. The molecule has 0 unspecified atom stereocenters. The van der Waals surface area contributed by atoms with Crippen LogP contribution in [0.15, 0.2) is 47.4 Å². The SMILES string of the molecule is COc1cccc(-n2nnn(C)c2=O)c1COc1ccc(-c2n[nH]cc2C)cc1C. The van der Waals surface area contributed by atoms with E-state index in [2.05, 4.69) is 20.6 Å². The van der Waals surface area contributed by atoms with Crippen LogP contribution in [0.25, 0.3) is 16.9 Å². The monoisotopic (exact) mass is 406 g/mol. The van der Waals surface area contributed by atoms with Gasteiger partial charge in [-0.1, -0.05) is 6.07 Å². The third-order valence-electron chi connectivity index (χ3n) is 4.93. The number of nitrogens with one attached hydrogen (secondary N) is 1. The fourth-order valence-corrected chi connectivity index (χ4v) is 3.30. The molecular weight excluding hydrogens is 384 g/mol. The molecule has 0 aliphatic rings. The maximum Gasteiger partial charge on any atom is 0.368 e. The van der Waals surface area contributed by atoms with Gasteiger partial charge in [-0.2, -0.15) is 14.5 Å². The molecule has 0 amide bonds. The molecule has 154 valence electrons. The molecule has 9 heteroatoms. The van der Waals surface area contributed by atoms with Gasteiger partial charge >= 0.3 is 5.69 Å². The number of nitrogens with zero attached hydrogens (tertiary/aromatic N) is 5. The van der Waals surface area contributed by atoms with E-state index in [4.69, 9.17) is 9.47 Å². The van der Waals surface area contributed by atoms with Crippen LogP contribution in [0.2, 0.25) is 0 Å². The number of rotatable bonds is 6. The Hall–Kier alpha value is -3.88. The van der Waals surface area contributed by atoms with Gasteiger partial charge < -0.3 is 9.47 Å². The summed E-state index contributed by atoms with van der Waals surface area (Å²) < 4.78 is 14.0. The van der Waals surface area contributed by atoms with E-state index >= 15 is 0 Å². The quantitative estimate of drug-likeness (QED) is 0.528. The summed E-state index contributed by atoms with van der Waals surface area (Å²) >= 11 is 0. The molecule has 0 spiro atoms. The van der Waals surface area contributed by atoms with E-state index in [-0.39, 0.29) is 12.3 Å². The maximum atomic E-state index is 12.3. The van der Waals surface area contributed by atoms with E-state index in [0.29, 0.717) is 17.0 Å². The van der Waals surface area contributed by atoms with Gasteiger partial charge in [0, 0.05) is 18.8 Å². The zero-order valence-corrected chi connectivity index (χ0v) is 17.2.